The second-order valence-electron chi connectivity index (χ2n) is 17.0. The molecule has 0 amide bonds. The van der Waals surface area contributed by atoms with Crippen molar-refractivity contribution in [3.8, 4) is 0 Å². The molecule has 0 bridgehead atoms. The van der Waals surface area contributed by atoms with E-state index in [1.165, 1.54) is 122 Å². The molecule has 0 fully saturated rings. The lowest BCUT2D eigenvalue weighted by atomic mass is 10.1. The Kier molecular flexibility index (Phi) is 50.0. The Morgan fingerprint density at radius 1 is 0.371 bits per heavy atom. The van der Waals surface area contributed by atoms with Gasteiger partial charge in [0.1, 0.15) is 6.61 Å². The van der Waals surface area contributed by atoms with Crippen molar-refractivity contribution in [2.45, 2.75) is 245 Å². The van der Waals surface area contributed by atoms with E-state index in [9.17, 15) is 9.59 Å². The summed E-state index contributed by atoms with van der Waals surface area (Å²) in [4.78, 5) is 25.4. The summed E-state index contributed by atoms with van der Waals surface area (Å²) in [5, 5.41) is 0. The number of hydrogen-bond donors (Lipinski definition) is 0. The lowest BCUT2D eigenvalue weighted by molar-refractivity contribution is -0.162. The minimum Gasteiger partial charge on any atom is -0.462 e. The van der Waals surface area contributed by atoms with E-state index in [1.807, 2.05) is 0 Å². The van der Waals surface area contributed by atoms with Crippen LogP contribution in [0.1, 0.15) is 239 Å². The van der Waals surface area contributed by atoms with Crippen LogP contribution in [0.15, 0.2) is 85.1 Å². The standard InChI is InChI=1S/C57H98O5/c1-4-7-10-13-16-19-22-24-26-28-29-30-31-33-36-38-41-44-47-50-56(58)61-54-55(62-57(59)51-48-45-42-39-35-21-18-15-12-9-6-3)53-60-52-49-46-43-40-37-34-32-27-25-23-20-17-14-11-8-5-2/h8,11,15,17-18,20,24-27,34,37,43,46,55H,4-7,9-10,12-14,16,19,21-23,28-33,35-36,38-42,44-45,47-54H2,1-3H3/b11-8-,18-15-,20-17-,26-24-,27-25-,37-34-,46-43-. The maximum absolute atomic E-state index is 12.8. The van der Waals surface area contributed by atoms with Crippen LogP contribution in [0.5, 0.6) is 0 Å². The van der Waals surface area contributed by atoms with E-state index in [2.05, 4.69) is 106 Å². The number of unbranched alkanes of at least 4 members (excludes halogenated alkanes) is 22. The smallest absolute Gasteiger partial charge is 0.306 e. The number of ether oxygens (including phenoxy) is 3. The molecule has 1 unspecified atom stereocenters. The predicted molar refractivity (Wildman–Crippen MR) is 270 cm³/mol. The fourth-order valence-corrected chi connectivity index (χ4v) is 7.02. The van der Waals surface area contributed by atoms with Gasteiger partial charge >= 0.3 is 11.9 Å². The molecule has 0 saturated carbocycles. The van der Waals surface area contributed by atoms with Gasteiger partial charge < -0.3 is 14.2 Å². The van der Waals surface area contributed by atoms with Gasteiger partial charge in [0, 0.05) is 12.8 Å². The van der Waals surface area contributed by atoms with E-state index in [4.69, 9.17) is 14.2 Å². The largest absolute Gasteiger partial charge is 0.462 e. The molecule has 0 aromatic rings. The summed E-state index contributed by atoms with van der Waals surface area (Å²) in [7, 11) is 0. The first-order chi connectivity index (χ1) is 30.6. The molecule has 0 aliphatic heterocycles. The first-order valence-corrected chi connectivity index (χ1v) is 26.1. The van der Waals surface area contributed by atoms with Crippen LogP contribution in [-0.4, -0.2) is 37.9 Å². The van der Waals surface area contributed by atoms with Gasteiger partial charge in [-0.3, -0.25) is 9.59 Å². The van der Waals surface area contributed by atoms with Crippen molar-refractivity contribution in [1.82, 2.24) is 0 Å². The van der Waals surface area contributed by atoms with E-state index in [1.54, 1.807) is 0 Å². The van der Waals surface area contributed by atoms with E-state index < -0.39 is 6.10 Å². The summed E-state index contributed by atoms with van der Waals surface area (Å²) >= 11 is 0. The summed E-state index contributed by atoms with van der Waals surface area (Å²) in [6, 6.07) is 0. The lowest BCUT2D eigenvalue weighted by Gasteiger charge is -2.18. The maximum Gasteiger partial charge on any atom is 0.306 e. The van der Waals surface area contributed by atoms with Gasteiger partial charge in [0.25, 0.3) is 0 Å². The summed E-state index contributed by atoms with van der Waals surface area (Å²) in [6.45, 7) is 7.46. The topological polar surface area (TPSA) is 61.8 Å². The summed E-state index contributed by atoms with van der Waals surface area (Å²) < 4.78 is 17.3. The van der Waals surface area contributed by atoms with Crippen molar-refractivity contribution in [1.29, 1.82) is 0 Å². The molecule has 0 N–H and O–H groups in total. The molecular weight excluding hydrogens is 765 g/mol. The summed E-state index contributed by atoms with van der Waals surface area (Å²) in [5.74, 6) is -0.451. The molecule has 356 valence electrons. The maximum atomic E-state index is 12.8. The van der Waals surface area contributed by atoms with Gasteiger partial charge in [-0.15, -0.1) is 0 Å². The second kappa shape index (κ2) is 52.4. The molecule has 0 saturated heterocycles. The molecule has 0 rings (SSSR count). The van der Waals surface area contributed by atoms with Crippen LogP contribution >= 0.6 is 0 Å². The van der Waals surface area contributed by atoms with E-state index >= 15 is 0 Å². The Bertz CT molecular complexity index is 1160. The van der Waals surface area contributed by atoms with Crippen molar-refractivity contribution in [2.24, 2.45) is 0 Å². The van der Waals surface area contributed by atoms with Crippen LogP contribution in [0, 0.1) is 0 Å². The molecular formula is C57H98O5. The normalized spacial score (nSPS) is 12.9. The molecule has 0 aromatic carbocycles. The SMILES string of the molecule is CC/C=C\C/C=C\C/C=C\C/C=C\C/C=C\CCOCC(COC(=O)CCCCCCCCCCC/C=C\CCCCCCCC)OC(=O)CCCCCCC/C=C\CCCC. The molecule has 0 spiro atoms. The fourth-order valence-electron chi connectivity index (χ4n) is 7.02. The van der Waals surface area contributed by atoms with Crippen molar-refractivity contribution in [3.63, 3.8) is 0 Å². The first-order valence-electron chi connectivity index (χ1n) is 26.1. The minimum absolute atomic E-state index is 0.0485. The van der Waals surface area contributed by atoms with E-state index in [-0.39, 0.29) is 25.2 Å². The number of esters is 2. The third kappa shape index (κ3) is 49.7. The molecule has 0 aliphatic rings. The van der Waals surface area contributed by atoms with Gasteiger partial charge in [-0.25, -0.2) is 0 Å². The molecule has 1 atom stereocenters. The molecule has 0 aliphatic carbocycles. The van der Waals surface area contributed by atoms with Crippen molar-refractivity contribution in [2.75, 3.05) is 19.8 Å². The van der Waals surface area contributed by atoms with Gasteiger partial charge in [-0.1, -0.05) is 215 Å². The van der Waals surface area contributed by atoms with Gasteiger partial charge in [0.2, 0.25) is 0 Å². The Balaban J connectivity index is 4.32. The number of carbonyl (C=O) groups excluding carboxylic acids is 2. The fraction of sp³-hybridized carbons (Fsp3) is 0.719. The molecule has 0 aromatic heterocycles. The lowest BCUT2D eigenvalue weighted by Crippen LogP contribution is -2.30. The van der Waals surface area contributed by atoms with Crippen LogP contribution in [-0.2, 0) is 23.8 Å². The summed E-state index contributed by atoms with van der Waals surface area (Å²) in [5.41, 5.74) is 0. The van der Waals surface area contributed by atoms with E-state index in [0.717, 1.165) is 83.5 Å². The van der Waals surface area contributed by atoms with Crippen LogP contribution in [0.25, 0.3) is 0 Å². The molecule has 5 heteroatoms. The van der Waals surface area contributed by atoms with E-state index in [0.29, 0.717) is 19.4 Å². The zero-order chi connectivity index (χ0) is 44.9. The minimum atomic E-state index is -0.583. The quantitative estimate of drug-likeness (QED) is 0.0346. The number of hydrogen-bond acceptors (Lipinski definition) is 5. The van der Waals surface area contributed by atoms with Gasteiger partial charge in [-0.2, -0.15) is 0 Å². The van der Waals surface area contributed by atoms with Crippen molar-refractivity contribution in [3.05, 3.63) is 85.1 Å². The van der Waals surface area contributed by atoms with Crippen molar-refractivity contribution >= 4 is 11.9 Å². The van der Waals surface area contributed by atoms with Crippen LogP contribution in [0.4, 0.5) is 0 Å². The summed E-state index contributed by atoms with van der Waals surface area (Å²) in [6.07, 6.45) is 69.0. The average molecular weight is 863 g/mol. The number of rotatable bonds is 47. The Morgan fingerprint density at radius 2 is 0.742 bits per heavy atom. The monoisotopic (exact) mass is 863 g/mol. The first kappa shape index (κ1) is 59.1. The van der Waals surface area contributed by atoms with Crippen LogP contribution in [0.3, 0.4) is 0 Å². The highest BCUT2D eigenvalue weighted by molar-refractivity contribution is 5.70. The molecule has 0 radical (unpaired) electrons. The third-order valence-corrected chi connectivity index (χ3v) is 10.9. The number of allylic oxidation sites excluding steroid dienone is 13. The predicted octanol–water partition coefficient (Wildman–Crippen LogP) is 17.7. The highest BCUT2D eigenvalue weighted by Gasteiger charge is 2.17. The molecule has 5 nitrogen and oxygen atoms in total. The van der Waals surface area contributed by atoms with Crippen LogP contribution < -0.4 is 0 Å². The molecule has 62 heavy (non-hydrogen) atoms. The molecule has 0 heterocycles. The van der Waals surface area contributed by atoms with Crippen LogP contribution in [0.2, 0.25) is 0 Å². The number of carbonyl (C=O) groups is 2. The Morgan fingerprint density at radius 3 is 1.21 bits per heavy atom. The highest BCUT2D eigenvalue weighted by Crippen LogP contribution is 2.14. The Labute approximate surface area is 384 Å². The zero-order valence-corrected chi connectivity index (χ0v) is 40.9. The van der Waals surface area contributed by atoms with Gasteiger partial charge in [0.05, 0.1) is 13.2 Å². The Hall–Kier alpha value is -2.92. The van der Waals surface area contributed by atoms with Crippen molar-refractivity contribution < 1.29 is 23.8 Å². The average Bonchev–Trinajstić information content (AvgIpc) is 3.27. The van der Waals surface area contributed by atoms with Gasteiger partial charge in [0.15, 0.2) is 6.10 Å². The zero-order valence-electron chi connectivity index (χ0n) is 40.9. The third-order valence-electron chi connectivity index (χ3n) is 10.9. The van der Waals surface area contributed by atoms with Gasteiger partial charge in [-0.05, 0) is 96.3 Å². The highest BCUT2D eigenvalue weighted by atomic mass is 16.6. The second-order valence-corrected chi connectivity index (χ2v) is 17.0.